The van der Waals surface area contributed by atoms with E-state index in [1.807, 2.05) is 6.07 Å². The number of aromatic nitrogens is 1. The Morgan fingerprint density at radius 3 is 2.32 bits per heavy atom. The highest BCUT2D eigenvalue weighted by Crippen LogP contribution is 2.26. The van der Waals surface area contributed by atoms with Crippen LogP contribution in [-0.2, 0) is 0 Å². The van der Waals surface area contributed by atoms with Gasteiger partial charge in [-0.05, 0) is 30.3 Å². The Hall–Kier alpha value is -3.67. The first-order valence-electron chi connectivity index (χ1n) is 7.56. The Bertz CT molecular complexity index is 1360. The van der Waals surface area contributed by atoms with Gasteiger partial charge in [0, 0.05) is 0 Å². The molecule has 3 heterocycles. The lowest BCUT2D eigenvalue weighted by molar-refractivity contribution is 0.539. The molecule has 0 radical (unpaired) electrons. The molecule has 0 fully saturated rings. The van der Waals surface area contributed by atoms with Crippen LogP contribution in [0.4, 0.5) is 0 Å². The maximum atomic E-state index is 12.5. The molecule has 0 unspecified atom stereocenters. The standard InChI is InChI=1S/C19H9NO5/c21-18-11-9-12(17-20-13-6-2-4-8-15(13)23-17)19(22)25-16(11)10-5-1-3-7-14(10)24-18/h1-9H. The Labute approximate surface area is 138 Å². The van der Waals surface area contributed by atoms with Gasteiger partial charge in [-0.2, -0.15) is 0 Å². The third-order valence-electron chi connectivity index (χ3n) is 4.03. The Balaban J connectivity index is 1.87. The van der Waals surface area contributed by atoms with Crippen LogP contribution in [0.3, 0.4) is 0 Å². The number of para-hydroxylation sites is 3. The molecule has 0 bridgehead atoms. The summed E-state index contributed by atoms with van der Waals surface area (Å²) < 4.78 is 16.3. The molecule has 0 saturated carbocycles. The van der Waals surface area contributed by atoms with Gasteiger partial charge in [0.25, 0.3) is 0 Å². The molecule has 120 valence electrons. The zero-order chi connectivity index (χ0) is 17.0. The van der Waals surface area contributed by atoms with E-state index in [-0.39, 0.29) is 22.4 Å². The minimum absolute atomic E-state index is 0.0753. The highest BCUT2D eigenvalue weighted by Gasteiger charge is 2.18. The number of rotatable bonds is 1. The Morgan fingerprint density at radius 2 is 1.48 bits per heavy atom. The van der Waals surface area contributed by atoms with Crippen LogP contribution in [0.1, 0.15) is 0 Å². The molecular weight excluding hydrogens is 322 g/mol. The van der Waals surface area contributed by atoms with Gasteiger partial charge in [-0.3, -0.25) is 0 Å². The summed E-state index contributed by atoms with van der Waals surface area (Å²) in [6, 6.07) is 15.4. The highest BCUT2D eigenvalue weighted by molar-refractivity contribution is 6.00. The molecule has 6 nitrogen and oxygen atoms in total. The zero-order valence-electron chi connectivity index (χ0n) is 12.7. The van der Waals surface area contributed by atoms with Crippen LogP contribution in [0, 0.1) is 0 Å². The second-order valence-electron chi connectivity index (χ2n) is 5.56. The van der Waals surface area contributed by atoms with Gasteiger partial charge in [0.05, 0.1) is 5.39 Å². The van der Waals surface area contributed by atoms with Crippen molar-refractivity contribution in [2.24, 2.45) is 0 Å². The summed E-state index contributed by atoms with van der Waals surface area (Å²) in [4.78, 5) is 29.0. The molecule has 0 spiro atoms. The Kier molecular flexibility index (Phi) is 2.70. The van der Waals surface area contributed by atoms with Crippen molar-refractivity contribution in [3.8, 4) is 11.5 Å². The predicted molar refractivity (Wildman–Crippen MR) is 91.5 cm³/mol. The van der Waals surface area contributed by atoms with E-state index < -0.39 is 11.3 Å². The number of nitrogens with zero attached hydrogens (tertiary/aromatic N) is 1. The van der Waals surface area contributed by atoms with Crippen LogP contribution >= 0.6 is 0 Å². The van der Waals surface area contributed by atoms with E-state index >= 15 is 0 Å². The predicted octanol–water partition coefficient (Wildman–Crippen LogP) is 3.71. The molecule has 5 rings (SSSR count). The molecule has 0 saturated heterocycles. The summed E-state index contributed by atoms with van der Waals surface area (Å²) in [7, 11) is 0. The van der Waals surface area contributed by atoms with Gasteiger partial charge in [-0.25, -0.2) is 14.6 Å². The summed E-state index contributed by atoms with van der Waals surface area (Å²) >= 11 is 0. The molecule has 0 N–H and O–H groups in total. The molecule has 0 aliphatic rings. The molecule has 3 aromatic heterocycles. The largest absolute Gasteiger partial charge is 0.436 e. The summed E-state index contributed by atoms with van der Waals surface area (Å²) in [5.41, 5.74) is 0.565. The van der Waals surface area contributed by atoms with Crippen LogP contribution in [0.5, 0.6) is 0 Å². The minimum atomic E-state index is -0.630. The molecule has 6 heteroatoms. The summed E-state index contributed by atoms with van der Waals surface area (Å²) in [6.45, 7) is 0. The van der Waals surface area contributed by atoms with E-state index in [4.69, 9.17) is 13.3 Å². The van der Waals surface area contributed by atoms with Crippen molar-refractivity contribution in [1.82, 2.24) is 4.98 Å². The average Bonchev–Trinajstić information content (AvgIpc) is 3.05. The smallest absolute Gasteiger partial charge is 0.349 e. The normalized spacial score (nSPS) is 11.5. The quantitative estimate of drug-likeness (QED) is 0.344. The van der Waals surface area contributed by atoms with Gasteiger partial charge in [0.1, 0.15) is 22.0 Å². The van der Waals surface area contributed by atoms with Crippen molar-refractivity contribution >= 4 is 33.0 Å². The van der Waals surface area contributed by atoms with Crippen LogP contribution in [-0.4, -0.2) is 4.98 Å². The summed E-state index contributed by atoms with van der Waals surface area (Å²) in [5.74, 6) is 0.101. The topological polar surface area (TPSA) is 86.5 Å². The van der Waals surface area contributed by atoms with Gasteiger partial charge in [-0.15, -0.1) is 0 Å². The van der Waals surface area contributed by atoms with Gasteiger partial charge in [0.15, 0.2) is 11.2 Å². The van der Waals surface area contributed by atoms with Crippen molar-refractivity contribution < 1.29 is 13.3 Å². The first-order chi connectivity index (χ1) is 12.2. The van der Waals surface area contributed by atoms with E-state index in [1.54, 1.807) is 42.5 Å². The fourth-order valence-electron chi connectivity index (χ4n) is 2.86. The molecule has 2 aromatic carbocycles. The van der Waals surface area contributed by atoms with E-state index in [0.717, 1.165) is 0 Å². The molecule has 25 heavy (non-hydrogen) atoms. The lowest BCUT2D eigenvalue weighted by Gasteiger charge is -2.01. The fourth-order valence-corrected chi connectivity index (χ4v) is 2.86. The van der Waals surface area contributed by atoms with Crippen molar-refractivity contribution in [2.45, 2.75) is 0 Å². The Morgan fingerprint density at radius 1 is 0.720 bits per heavy atom. The number of hydrogen-bond donors (Lipinski definition) is 0. The first-order valence-corrected chi connectivity index (χ1v) is 7.56. The average molecular weight is 331 g/mol. The fraction of sp³-hybridized carbons (Fsp3) is 0. The number of hydrogen-bond acceptors (Lipinski definition) is 6. The van der Waals surface area contributed by atoms with E-state index in [0.29, 0.717) is 22.1 Å². The van der Waals surface area contributed by atoms with Crippen LogP contribution < -0.4 is 11.3 Å². The number of oxazole rings is 1. The van der Waals surface area contributed by atoms with Crippen LogP contribution in [0.2, 0.25) is 0 Å². The van der Waals surface area contributed by atoms with Crippen molar-refractivity contribution in [2.75, 3.05) is 0 Å². The van der Waals surface area contributed by atoms with E-state index in [9.17, 15) is 9.59 Å². The van der Waals surface area contributed by atoms with Gasteiger partial charge < -0.3 is 13.3 Å². The van der Waals surface area contributed by atoms with E-state index in [1.165, 1.54) is 6.07 Å². The lowest BCUT2D eigenvalue weighted by Crippen LogP contribution is -2.08. The zero-order valence-corrected chi connectivity index (χ0v) is 12.7. The third kappa shape index (κ3) is 2.01. The summed E-state index contributed by atoms with van der Waals surface area (Å²) in [5, 5.41) is 0.717. The third-order valence-corrected chi connectivity index (χ3v) is 4.03. The van der Waals surface area contributed by atoms with Gasteiger partial charge in [0.2, 0.25) is 5.89 Å². The van der Waals surface area contributed by atoms with E-state index in [2.05, 4.69) is 4.98 Å². The maximum absolute atomic E-state index is 12.5. The van der Waals surface area contributed by atoms with Gasteiger partial charge >= 0.3 is 11.3 Å². The maximum Gasteiger partial charge on any atom is 0.349 e. The molecule has 5 aromatic rings. The monoisotopic (exact) mass is 331 g/mol. The second kappa shape index (κ2) is 4.91. The molecular formula is C19H9NO5. The van der Waals surface area contributed by atoms with Crippen LogP contribution in [0.15, 0.2) is 77.4 Å². The molecule has 0 aliphatic heterocycles. The number of benzene rings is 2. The molecule has 0 amide bonds. The number of fused-ring (bicyclic) bond motifs is 4. The van der Waals surface area contributed by atoms with Crippen molar-refractivity contribution in [3.05, 3.63) is 75.4 Å². The first kappa shape index (κ1) is 13.7. The SMILES string of the molecule is O=c1oc2c(cc1-c1nc3ccccc3o1)c(=O)oc1ccccc12. The van der Waals surface area contributed by atoms with Crippen molar-refractivity contribution in [3.63, 3.8) is 0 Å². The molecule has 0 aliphatic carbocycles. The highest BCUT2D eigenvalue weighted by atomic mass is 16.4. The van der Waals surface area contributed by atoms with Crippen molar-refractivity contribution in [1.29, 1.82) is 0 Å². The second-order valence-corrected chi connectivity index (χ2v) is 5.56. The minimum Gasteiger partial charge on any atom is -0.436 e. The van der Waals surface area contributed by atoms with Crippen LogP contribution in [0.25, 0.3) is 44.5 Å². The summed E-state index contributed by atoms with van der Waals surface area (Å²) in [6.07, 6.45) is 0. The van der Waals surface area contributed by atoms with Gasteiger partial charge in [-0.1, -0.05) is 24.3 Å². The lowest BCUT2D eigenvalue weighted by atomic mass is 10.1. The molecule has 0 atom stereocenters.